The van der Waals surface area contributed by atoms with Crippen molar-refractivity contribution in [2.24, 2.45) is 0 Å². The highest BCUT2D eigenvalue weighted by atomic mass is 35.5. The van der Waals surface area contributed by atoms with Crippen molar-refractivity contribution in [3.63, 3.8) is 0 Å². The van der Waals surface area contributed by atoms with Gasteiger partial charge in [0, 0.05) is 11.1 Å². The highest BCUT2D eigenvalue weighted by Crippen LogP contribution is 2.40. The summed E-state index contributed by atoms with van der Waals surface area (Å²) in [6.45, 7) is 1.75. The van der Waals surface area contributed by atoms with E-state index in [2.05, 4.69) is 9.55 Å². The summed E-state index contributed by atoms with van der Waals surface area (Å²) in [5.41, 5.74) is 1.94. The minimum atomic E-state index is -0.535. The average molecular weight is 237 g/mol. The van der Waals surface area contributed by atoms with E-state index in [9.17, 15) is 5.11 Å². The first kappa shape index (κ1) is 10.1. The van der Waals surface area contributed by atoms with Crippen LogP contribution in [0.25, 0.3) is 11.0 Å². The number of fused-ring (bicyclic) bond motifs is 1. The van der Waals surface area contributed by atoms with Crippen molar-refractivity contribution in [1.82, 2.24) is 9.55 Å². The third-order valence-electron chi connectivity index (χ3n) is 2.96. The number of rotatable bonds is 2. The number of hydrogen-bond acceptors (Lipinski definition) is 2. The summed E-state index contributed by atoms with van der Waals surface area (Å²) in [7, 11) is 0. The Morgan fingerprint density at radius 1 is 1.50 bits per heavy atom. The lowest BCUT2D eigenvalue weighted by Crippen LogP contribution is -2.04. The quantitative estimate of drug-likeness (QED) is 0.870. The second-order valence-corrected chi connectivity index (χ2v) is 4.82. The van der Waals surface area contributed by atoms with E-state index < -0.39 is 6.10 Å². The van der Waals surface area contributed by atoms with Gasteiger partial charge in [-0.15, -0.1) is 0 Å². The van der Waals surface area contributed by atoms with Crippen molar-refractivity contribution in [1.29, 1.82) is 0 Å². The lowest BCUT2D eigenvalue weighted by molar-refractivity contribution is 0.184. The molecule has 0 radical (unpaired) electrons. The molecule has 1 aliphatic carbocycles. The monoisotopic (exact) mass is 236 g/mol. The molecule has 1 saturated carbocycles. The van der Waals surface area contributed by atoms with Crippen molar-refractivity contribution < 1.29 is 5.11 Å². The first-order valence-corrected chi connectivity index (χ1v) is 5.90. The van der Waals surface area contributed by atoms with E-state index in [4.69, 9.17) is 11.6 Å². The van der Waals surface area contributed by atoms with Gasteiger partial charge in [0.05, 0.1) is 11.0 Å². The standard InChI is InChI=1S/C12H13ClN2O/c1-7(16)12-14-10-6-8(13)2-5-11(10)15(12)9-3-4-9/h2,5-7,9,16H,3-4H2,1H3. The highest BCUT2D eigenvalue weighted by molar-refractivity contribution is 6.31. The molecule has 16 heavy (non-hydrogen) atoms. The van der Waals surface area contributed by atoms with Crippen LogP contribution in [-0.4, -0.2) is 14.7 Å². The van der Waals surface area contributed by atoms with Crippen LogP contribution < -0.4 is 0 Å². The van der Waals surface area contributed by atoms with E-state index >= 15 is 0 Å². The number of aliphatic hydroxyl groups is 1. The lowest BCUT2D eigenvalue weighted by atomic mass is 10.3. The summed E-state index contributed by atoms with van der Waals surface area (Å²) in [5.74, 6) is 0.750. The fourth-order valence-corrected chi connectivity index (χ4v) is 2.27. The maximum Gasteiger partial charge on any atom is 0.138 e. The van der Waals surface area contributed by atoms with Crippen LogP contribution in [0.1, 0.15) is 37.7 Å². The van der Waals surface area contributed by atoms with Crippen LogP contribution in [-0.2, 0) is 0 Å². The van der Waals surface area contributed by atoms with Crippen molar-refractivity contribution in [3.8, 4) is 0 Å². The second-order valence-electron chi connectivity index (χ2n) is 4.38. The van der Waals surface area contributed by atoms with Crippen LogP contribution in [0.15, 0.2) is 18.2 Å². The van der Waals surface area contributed by atoms with Crippen molar-refractivity contribution in [2.45, 2.75) is 31.9 Å². The molecule has 0 aliphatic heterocycles. The van der Waals surface area contributed by atoms with Gasteiger partial charge in [0.1, 0.15) is 11.9 Å². The van der Waals surface area contributed by atoms with Crippen LogP contribution in [0.4, 0.5) is 0 Å². The molecule has 0 bridgehead atoms. The Hall–Kier alpha value is -1.06. The fraction of sp³-hybridized carbons (Fsp3) is 0.417. The van der Waals surface area contributed by atoms with Gasteiger partial charge in [-0.2, -0.15) is 0 Å². The molecule has 1 unspecified atom stereocenters. The molecule has 0 saturated heterocycles. The molecule has 4 heteroatoms. The summed E-state index contributed by atoms with van der Waals surface area (Å²) < 4.78 is 2.15. The minimum absolute atomic E-state index is 0.510. The summed E-state index contributed by atoms with van der Waals surface area (Å²) in [4.78, 5) is 4.46. The molecule has 3 rings (SSSR count). The topological polar surface area (TPSA) is 38.1 Å². The predicted molar refractivity (Wildman–Crippen MR) is 63.6 cm³/mol. The third-order valence-corrected chi connectivity index (χ3v) is 3.20. The second kappa shape index (κ2) is 3.47. The normalized spacial score (nSPS) is 17.9. The smallest absolute Gasteiger partial charge is 0.138 e. The molecular formula is C12H13ClN2O. The number of halogens is 1. The number of nitrogens with zero attached hydrogens (tertiary/aromatic N) is 2. The number of aromatic nitrogens is 2. The molecule has 1 atom stereocenters. The summed E-state index contributed by atoms with van der Waals surface area (Å²) in [6, 6.07) is 6.21. The van der Waals surface area contributed by atoms with Crippen molar-refractivity contribution in [3.05, 3.63) is 29.0 Å². The van der Waals surface area contributed by atoms with Gasteiger partial charge in [-0.3, -0.25) is 0 Å². The number of imidazole rings is 1. The highest BCUT2D eigenvalue weighted by Gasteiger charge is 2.29. The Balaban J connectivity index is 2.28. The Bertz CT molecular complexity index is 543. The fourth-order valence-electron chi connectivity index (χ4n) is 2.10. The molecule has 0 spiro atoms. The molecule has 1 N–H and O–H groups in total. The summed E-state index contributed by atoms with van der Waals surface area (Å²) >= 11 is 5.94. The molecular weight excluding hydrogens is 224 g/mol. The van der Waals surface area contributed by atoms with Crippen molar-refractivity contribution in [2.75, 3.05) is 0 Å². The van der Waals surface area contributed by atoms with Gasteiger partial charge >= 0.3 is 0 Å². The van der Waals surface area contributed by atoms with E-state index in [1.807, 2.05) is 18.2 Å². The molecule has 0 amide bonds. The largest absolute Gasteiger partial charge is 0.385 e. The maximum absolute atomic E-state index is 9.74. The van der Waals surface area contributed by atoms with Gasteiger partial charge < -0.3 is 9.67 Å². The van der Waals surface area contributed by atoms with Crippen LogP contribution in [0, 0.1) is 0 Å². The van der Waals surface area contributed by atoms with Gasteiger partial charge in [0.2, 0.25) is 0 Å². The Morgan fingerprint density at radius 2 is 2.25 bits per heavy atom. The zero-order valence-electron chi connectivity index (χ0n) is 9.02. The van der Waals surface area contributed by atoms with Crippen LogP contribution in [0.3, 0.4) is 0 Å². The molecule has 84 valence electrons. The average Bonchev–Trinajstić information content (AvgIpc) is 2.99. The van der Waals surface area contributed by atoms with Gasteiger partial charge in [-0.25, -0.2) is 4.98 Å². The molecule has 1 aliphatic rings. The van der Waals surface area contributed by atoms with Crippen LogP contribution >= 0.6 is 11.6 Å². The molecule has 1 aromatic heterocycles. The lowest BCUT2D eigenvalue weighted by Gasteiger charge is -2.08. The van der Waals surface area contributed by atoms with E-state index in [0.29, 0.717) is 11.1 Å². The van der Waals surface area contributed by atoms with Crippen molar-refractivity contribution >= 4 is 22.6 Å². The molecule has 1 fully saturated rings. The van der Waals surface area contributed by atoms with Crippen LogP contribution in [0.5, 0.6) is 0 Å². The number of hydrogen-bond donors (Lipinski definition) is 1. The van der Waals surface area contributed by atoms with E-state index in [1.165, 1.54) is 12.8 Å². The Kier molecular flexibility index (Phi) is 2.19. The predicted octanol–water partition coefficient (Wildman–Crippen LogP) is 3.08. The minimum Gasteiger partial charge on any atom is -0.385 e. The third kappa shape index (κ3) is 1.51. The van der Waals surface area contributed by atoms with Crippen LogP contribution in [0.2, 0.25) is 5.02 Å². The Labute approximate surface area is 98.7 Å². The Morgan fingerprint density at radius 3 is 2.88 bits per heavy atom. The van der Waals surface area contributed by atoms with Gasteiger partial charge in [-0.05, 0) is 38.0 Å². The number of benzene rings is 1. The summed E-state index contributed by atoms with van der Waals surface area (Å²) in [5, 5.41) is 10.4. The maximum atomic E-state index is 9.74. The van der Waals surface area contributed by atoms with Gasteiger partial charge in [-0.1, -0.05) is 11.6 Å². The zero-order valence-corrected chi connectivity index (χ0v) is 9.78. The van der Waals surface area contributed by atoms with Gasteiger partial charge in [0.15, 0.2) is 0 Å². The SMILES string of the molecule is CC(O)c1nc2cc(Cl)ccc2n1C1CC1. The molecule has 2 aromatic rings. The van der Waals surface area contributed by atoms with E-state index in [1.54, 1.807) is 6.92 Å². The molecule has 3 nitrogen and oxygen atoms in total. The molecule has 1 heterocycles. The molecule has 1 aromatic carbocycles. The first-order valence-electron chi connectivity index (χ1n) is 5.52. The van der Waals surface area contributed by atoms with E-state index in [-0.39, 0.29) is 0 Å². The number of aliphatic hydroxyl groups excluding tert-OH is 1. The van der Waals surface area contributed by atoms with Gasteiger partial charge in [0.25, 0.3) is 0 Å². The zero-order chi connectivity index (χ0) is 11.3. The van der Waals surface area contributed by atoms with E-state index in [0.717, 1.165) is 16.9 Å². The summed E-state index contributed by atoms with van der Waals surface area (Å²) in [6.07, 6.45) is 1.81. The first-order chi connectivity index (χ1) is 7.66.